The van der Waals surface area contributed by atoms with Crippen molar-refractivity contribution >= 4 is 17.5 Å². The molecule has 168 valence electrons. The van der Waals surface area contributed by atoms with Gasteiger partial charge in [-0.3, -0.25) is 9.78 Å². The number of rotatable bonds is 5. The predicted octanol–water partition coefficient (Wildman–Crippen LogP) is 3.68. The van der Waals surface area contributed by atoms with Crippen LogP contribution in [0.5, 0.6) is 0 Å². The fourth-order valence-corrected chi connectivity index (χ4v) is 2.96. The summed E-state index contributed by atoms with van der Waals surface area (Å²) >= 11 is 5.84. The molecule has 0 aliphatic heterocycles. The van der Waals surface area contributed by atoms with Crippen molar-refractivity contribution in [2.45, 2.75) is 19.1 Å². The van der Waals surface area contributed by atoms with Crippen molar-refractivity contribution < 1.29 is 18.0 Å². The van der Waals surface area contributed by atoms with Crippen molar-refractivity contribution in [2.75, 3.05) is 0 Å². The fourth-order valence-electron chi connectivity index (χ4n) is 2.85. The molecule has 33 heavy (non-hydrogen) atoms. The Balaban J connectivity index is 1.67. The zero-order chi connectivity index (χ0) is 23.6. The molecular weight excluding hydrogens is 461 g/mol. The summed E-state index contributed by atoms with van der Waals surface area (Å²) in [5, 5.41) is 7.32. The molecule has 4 rings (SSSR count). The highest BCUT2D eigenvalue weighted by Gasteiger charge is 2.32. The number of hydrogen-bond donors (Lipinski definition) is 1. The second kappa shape index (κ2) is 8.90. The van der Waals surface area contributed by atoms with E-state index in [2.05, 4.69) is 35.3 Å². The number of nitrogens with zero attached hydrogens (tertiary/aromatic N) is 7. The minimum atomic E-state index is -4.62. The summed E-state index contributed by atoms with van der Waals surface area (Å²) in [6.45, 7) is 1.60. The van der Waals surface area contributed by atoms with Crippen molar-refractivity contribution in [3.63, 3.8) is 0 Å². The molecule has 0 saturated carbocycles. The molecule has 9 nitrogen and oxygen atoms in total. The standard InChI is InChI=1S/C20H14ClF3N8O/c1-11(29-18(33)13-7-14(10-25-8-13)20(22,23)24)17-30-16(12-3-4-15(21)28-9-12)31-32(17)19-26-5-2-6-27-19/h2-11H,1H3,(H,29,33). The number of amides is 1. The first-order chi connectivity index (χ1) is 15.7. The molecule has 4 aromatic heterocycles. The molecule has 4 aromatic rings. The third kappa shape index (κ3) is 4.95. The van der Waals surface area contributed by atoms with E-state index in [0.29, 0.717) is 16.9 Å². The number of pyridine rings is 2. The zero-order valence-electron chi connectivity index (χ0n) is 16.8. The largest absolute Gasteiger partial charge is 0.417 e. The van der Waals surface area contributed by atoms with E-state index >= 15 is 0 Å². The van der Waals surface area contributed by atoms with Gasteiger partial charge >= 0.3 is 6.18 Å². The van der Waals surface area contributed by atoms with Crippen LogP contribution in [0.15, 0.2) is 55.2 Å². The van der Waals surface area contributed by atoms with E-state index in [0.717, 1.165) is 12.3 Å². The number of nitrogens with one attached hydrogen (secondary N) is 1. The molecule has 1 unspecified atom stereocenters. The Morgan fingerprint density at radius 1 is 1.12 bits per heavy atom. The first kappa shape index (κ1) is 22.3. The summed E-state index contributed by atoms with van der Waals surface area (Å²) in [4.78, 5) is 32.9. The van der Waals surface area contributed by atoms with E-state index in [4.69, 9.17) is 11.6 Å². The zero-order valence-corrected chi connectivity index (χ0v) is 17.6. The van der Waals surface area contributed by atoms with Crippen LogP contribution in [0.1, 0.15) is 34.7 Å². The third-order valence-corrected chi connectivity index (χ3v) is 4.65. The monoisotopic (exact) mass is 474 g/mol. The fraction of sp³-hybridized carbons (Fsp3) is 0.150. The molecule has 0 bridgehead atoms. The summed E-state index contributed by atoms with van der Waals surface area (Å²) in [6.07, 6.45) is 1.57. The number of carbonyl (C=O) groups excluding carboxylic acids is 1. The van der Waals surface area contributed by atoms with Gasteiger partial charge in [0.2, 0.25) is 0 Å². The third-order valence-electron chi connectivity index (χ3n) is 4.42. The maximum atomic E-state index is 13.0. The van der Waals surface area contributed by atoms with Gasteiger partial charge in [0.1, 0.15) is 5.15 Å². The van der Waals surface area contributed by atoms with Crippen LogP contribution in [-0.2, 0) is 6.18 Å². The van der Waals surface area contributed by atoms with Crippen molar-refractivity contribution in [3.8, 4) is 17.3 Å². The lowest BCUT2D eigenvalue weighted by Crippen LogP contribution is -2.29. The smallest absolute Gasteiger partial charge is 0.342 e. The average molecular weight is 475 g/mol. The topological polar surface area (TPSA) is 111 Å². The van der Waals surface area contributed by atoms with E-state index in [-0.39, 0.29) is 23.2 Å². The van der Waals surface area contributed by atoms with Crippen LogP contribution < -0.4 is 5.32 Å². The molecule has 4 heterocycles. The summed E-state index contributed by atoms with van der Waals surface area (Å²) < 4.78 is 40.2. The normalized spacial score (nSPS) is 12.4. The highest BCUT2D eigenvalue weighted by Crippen LogP contribution is 2.29. The maximum Gasteiger partial charge on any atom is 0.417 e. The Labute approximate surface area is 189 Å². The molecule has 1 atom stereocenters. The van der Waals surface area contributed by atoms with Crippen LogP contribution >= 0.6 is 11.6 Å². The van der Waals surface area contributed by atoms with Gasteiger partial charge in [0, 0.05) is 36.5 Å². The lowest BCUT2D eigenvalue weighted by molar-refractivity contribution is -0.137. The van der Waals surface area contributed by atoms with Crippen LogP contribution in [0.3, 0.4) is 0 Å². The predicted molar refractivity (Wildman–Crippen MR) is 110 cm³/mol. The molecule has 0 fully saturated rings. The van der Waals surface area contributed by atoms with Gasteiger partial charge in [-0.25, -0.2) is 19.9 Å². The second-order valence-corrected chi connectivity index (χ2v) is 7.17. The SMILES string of the molecule is CC(NC(=O)c1cncc(C(F)(F)F)c1)c1nc(-c2ccc(Cl)nc2)nn1-c1ncccn1. The number of carbonyl (C=O) groups is 1. The Kier molecular flexibility index (Phi) is 6.01. The van der Waals surface area contributed by atoms with Gasteiger partial charge in [0.15, 0.2) is 11.6 Å². The van der Waals surface area contributed by atoms with Gasteiger partial charge in [-0.2, -0.15) is 17.9 Å². The number of aromatic nitrogens is 7. The van der Waals surface area contributed by atoms with Crippen LogP contribution in [0.25, 0.3) is 17.3 Å². The Morgan fingerprint density at radius 2 is 1.88 bits per heavy atom. The molecular formula is C20H14ClF3N8O. The van der Waals surface area contributed by atoms with E-state index < -0.39 is 23.7 Å². The molecule has 0 spiro atoms. The summed E-state index contributed by atoms with van der Waals surface area (Å²) in [7, 11) is 0. The molecule has 0 aromatic carbocycles. The van der Waals surface area contributed by atoms with Gasteiger partial charge in [-0.1, -0.05) is 11.6 Å². The number of hydrogen-bond acceptors (Lipinski definition) is 7. The van der Waals surface area contributed by atoms with Gasteiger partial charge in [-0.15, -0.1) is 5.10 Å². The lowest BCUT2D eigenvalue weighted by atomic mass is 10.2. The van der Waals surface area contributed by atoms with Crippen LogP contribution in [-0.4, -0.2) is 40.6 Å². The van der Waals surface area contributed by atoms with E-state index in [1.807, 2.05) is 0 Å². The molecule has 1 amide bonds. The first-order valence-electron chi connectivity index (χ1n) is 9.42. The summed E-state index contributed by atoms with van der Waals surface area (Å²) in [5.41, 5.74) is -0.724. The summed E-state index contributed by atoms with van der Waals surface area (Å²) in [5.74, 6) is -0.0581. The van der Waals surface area contributed by atoms with Crippen LogP contribution in [0.4, 0.5) is 13.2 Å². The molecule has 0 aliphatic rings. The number of alkyl halides is 3. The van der Waals surface area contributed by atoms with E-state index in [9.17, 15) is 18.0 Å². The van der Waals surface area contributed by atoms with Crippen molar-refractivity contribution in [1.82, 2.24) is 40.0 Å². The maximum absolute atomic E-state index is 13.0. The summed E-state index contributed by atoms with van der Waals surface area (Å²) in [6, 6.07) is 4.81. The van der Waals surface area contributed by atoms with Gasteiger partial charge < -0.3 is 5.32 Å². The Morgan fingerprint density at radius 3 is 2.55 bits per heavy atom. The minimum absolute atomic E-state index is 0.190. The molecule has 1 N–H and O–H groups in total. The molecule has 0 aliphatic carbocycles. The van der Waals surface area contributed by atoms with Crippen molar-refractivity contribution in [2.24, 2.45) is 0 Å². The number of halogens is 4. The van der Waals surface area contributed by atoms with Gasteiger partial charge in [-0.05, 0) is 31.2 Å². The molecule has 0 radical (unpaired) electrons. The second-order valence-electron chi connectivity index (χ2n) is 6.78. The highest BCUT2D eigenvalue weighted by atomic mass is 35.5. The highest BCUT2D eigenvalue weighted by molar-refractivity contribution is 6.29. The van der Waals surface area contributed by atoms with Gasteiger partial charge in [0.05, 0.1) is 17.2 Å². The Hall–Kier alpha value is -3.93. The van der Waals surface area contributed by atoms with E-state index in [1.165, 1.54) is 23.3 Å². The Bertz CT molecular complexity index is 1280. The molecule has 13 heteroatoms. The van der Waals surface area contributed by atoms with Gasteiger partial charge in [0.25, 0.3) is 11.9 Å². The molecule has 0 saturated heterocycles. The lowest BCUT2D eigenvalue weighted by Gasteiger charge is -2.14. The average Bonchev–Trinajstić information content (AvgIpc) is 3.25. The van der Waals surface area contributed by atoms with Crippen molar-refractivity contribution in [1.29, 1.82) is 0 Å². The van der Waals surface area contributed by atoms with Crippen molar-refractivity contribution in [3.05, 3.63) is 77.4 Å². The quantitative estimate of drug-likeness (QED) is 0.439. The van der Waals surface area contributed by atoms with Crippen LogP contribution in [0.2, 0.25) is 5.15 Å². The first-order valence-corrected chi connectivity index (χ1v) is 9.79. The van der Waals surface area contributed by atoms with E-state index in [1.54, 1.807) is 25.1 Å². The van der Waals surface area contributed by atoms with Crippen LogP contribution in [0, 0.1) is 0 Å². The minimum Gasteiger partial charge on any atom is -0.342 e.